The molecule has 0 spiro atoms. The summed E-state index contributed by atoms with van der Waals surface area (Å²) < 4.78 is 4.90. The lowest BCUT2D eigenvalue weighted by atomic mass is 10.2. The number of ether oxygens (including phenoxy) is 1. The highest BCUT2D eigenvalue weighted by molar-refractivity contribution is 5.85. The largest absolute Gasteiger partial charge is 0.456 e. The SMILES string of the molecule is CC(=O)NC(C)(O)C(=O)OC(C)(C)C. The molecule has 0 fully saturated rings. The number of amides is 1. The molecule has 0 aliphatic carbocycles. The molecule has 0 radical (unpaired) electrons. The van der Waals surface area contributed by atoms with E-state index >= 15 is 0 Å². The second-order valence-corrected chi connectivity index (χ2v) is 4.26. The minimum Gasteiger partial charge on any atom is -0.456 e. The van der Waals surface area contributed by atoms with Gasteiger partial charge in [0.1, 0.15) is 5.60 Å². The van der Waals surface area contributed by atoms with Crippen molar-refractivity contribution >= 4 is 11.9 Å². The summed E-state index contributed by atoms with van der Waals surface area (Å²) in [6, 6.07) is 0. The molecule has 0 aromatic carbocycles. The van der Waals surface area contributed by atoms with Gasteiger partial charge in [0.2, 0.25) is 11.6 Å². The van der Waals surface area contributed by atoms with Crippen LogP contribution >= 0.6 is 0 Å². The van der Waals surface area contributed by atoms with E-state index in [0.29, 0.717) is 0 Å². The second-order valence-electron chi connectivity index (χ2n) is 4.26. The predicted molar refractivity (Wildman–Crippen MR) is 50.3 cm³/mol. The summed E-state index contributed by atoms with van der Waals surface area (Å²) in [5.41, 5.74) is -2.67. The highest BCUT2D eigenvalue weighted by Crippen LogP contribution is 2.12. The number of carbonyl (C=O) groups is 2. The number of aliphatic hydroxyl groups is 1. The Balaban J connectivity index is 4.44. The number of hydrogen-bond acceptors (Lipinski definition) is 4. The van der Waals surface area contributed by atoms with Crippen molar-refractivity contribution in [3.8, 4) is 0 Å². The fourth-order valence-electron chi connectivity index (χ4n) is 0.771. The van der Waals surface area contributed by atoms with Gasteiger partial charge in [-0.2, -0.15) is 0 Å². The molecule has 0 heterocycles. The van der Waals surface area contributed by atoms with Gasteiger partial charge < -0.3 is 15.2 Å². The van der Waals surface area contributed by atoms with Gasteiger partial charge in [0.05, 0.1) is 0 Å². The van der Waals surface area contributed by atoms with E-state index in [1.54, 1.807) is 20.8 Å². The summed E-state index contributed by atoms with van der Waals surface area (Å²) in [4.78, 5) is 22.0. The minimum absolute atomic E-state index is 0.499. The Morgan fingerprint density at radius 3 is 1.93 bits per heavy atom. The van der Waals surface area contributed by atoms with E-state index in [9.17, 15) is 14.7 Å². The lowest BCUT2D eigenvalue weighted by molar-refractivity contribution is -0.180. The summed E-state index contributed by atoms with van der Waals surface area (Å²) in [7, 11) is 0. The highest BCUT2D eigenvalue weighted by atomic mass is 16.6. The van der Waals surface area contributed by atoms with Crippen molar-refractivity contribution in [1.82, 2.24) is 5.32 Å². The molecular formula is C9H17NO4. The molecule has 0 rings (SSSR count). The van der Waals surface area contributed by atoms with Crippen LogP contribution in [0.25, 0.3) is 0 Å². The number of nitrogens with one attached hydrogen (secondary N) is 1. The monoisotopic (exact) mass is 203 g/mol. The zero-order valence-corrected chi connectivity index (χ0v) is 9.17. The van der Waals surface area contributed by atoms with Gasteiger partial charge in [-0.25, -0.2) is 4.79 Å². The van der Waals surface area contributed by atoms with Crippen molar-refractivity contribution in [3.63, 3.8) is 0 Å². The summed E-state index contributed by atoms with van der Waals surface area (Å²) in [5, 5.41) is 11.6. The number of rotatable bonds is 2. The third-order valence-electron chi connectivity index (χ3n) is 1.22. The summed E-state index contributed by atoms with van der Waals surface area (Å²) >= 11 is 0. The molecule has 0 saturated heterocycles. The van der Waals surface area contributed by atoms with Crippen LogP contribution in [0.3, 0.4) is 0 Å². The van der Waals surface area contributed by atoms with Crippen LogP contribution in [0.4, 0.5) is 0 Å². The first-order chi connectivity index (χ1) is 6.04. The van der Waals surface area contributed by atoms with Crippen molar-refractivity contribution < 1.29 is 19.4 Å². The van der Waals surface area contributed by atoms with Gasteiger partial charge in [-0.05, 0) is 27.7 Å². The van der Waals surface area contributed by atoms with E-state index in [2.05, 4.69) is 5.32 Å². The Morgan fingerprint density at radius 1 is 1.21 bits per heavy atom. The first-order valence-corrected chi connectivity index (χ1v) is 4.29. The molecular weight excluding hydrogens is 186 g/mol. The average molecular weight is 203 g/mol. The maximum atomic E-state index is 11.3. The molecule has 0 aliphatic heterocycles. The summed E-state index contributed by atoms with van der Waals surface area (Å²) in [6.07, 6.45) is 0. The molecule has 0 aromatic rings. The second kappa shape index (κ2) is 3.96. The van der Waals surface area contributed by atoms with Crippen LogP contribution in [0.5, 0.6) is 0 Å². The number of carbonyl (C=O) groups excluding carboxylic acids is 2. The fourth-order valence-corrected chi connectivity index (χ4v) is 0.771. The maximum Gasteiger partial charge on any atom is 0.359 e. The van der Waals surface area contributed by atoms with E-state index in [4.69, 9.17) is 4.74 Å². The number of esters is 1. The molecule has 2 N–H and O–H groups in total. The standard InChI is InChI=1S/C9H17NO4/c1-6(11)10-9(5,13)7(12)14-8(2,3)4/h13H,1-5H3,(H,10,11). The third kappa shape index (κ3) is 4.81. The van der Waals surface area contributed by atoms with Gasteiger partial charge in [0, 0.05) is 6.92 Å². The zero-order chi connectivity index (χ0) is 11.6. The van der Waals surface area contributed by atoms with Gasteiger partial charge in [0.15, 0.2) is 0 Å². The molecule has 0 saturated carbocycles. The molecule has 1 unspecified atom stereocenters. The minimum atomic E-state index is -1.97. The van der Waals surface area contributed by atoms with Crippen LogP contribution in [-0.4, -0.2) is 28.3 Å². The van der Waals surface area contributed by atoms with Crippen LogP contribution in [0.15, 0.2) is 0 Å². The molecule has 1 atom stereocenters. The molecule has 82 valence electrons. The molecule has 14 heavy (non-hydrogen) atoms. The number of hydrogen-bond donors (Lipinski definition) is 2. The van der Waals surface area contributed by atoms with E-state index in [-0.39, 0.29) is 0 Å². The smallest absolute Gasteiger partial charge is 0.359 e. The molecule has 5 nitrogen and oxygen atoms in total. The van der Waals surface area contributed by atoms with Gasteiger partial charge in [-0.3, -0.25) is 4.79 Å². The Hall–Kier alpha value is -1.10. The van der Waals surface area contributed by atoms with Gasteiger partial charge in [-0.1, -0.05) is 0 Å². The van der Waals surface area contributed by atoms with E-state index in [1.165, 1.54) is 13.8 Å². The van der Waals surface area contributed by atoms with E-state index in [0.717, 1.165) is 0 Å². The van der Waals surface area contributed by atoms with Crippen LogP contribution in [0.1, 0.15) is 34.6 Å². The quantitative estimate of drug-likeness (QED) is 0.495. The molecule has 1 amide bonds. The first kappa shape index (κ1) is 12.9. The molecule has 0 bridgehead atoms. The third-order valence-corrected chi connectivity index (χ3v) is 1.22. The Morgan fingerprint density at radius 2 is 1.64 bits per heavy atom. The predicted octanol–water partition coefficient (Wildman–Crippen LogP) is 0.173. The average Bonchev–Trinajstić information content (AvgIpc) is 1.79. The van der Waals surface area contributed by atoms with Crippen LogP contribution in [-0.2, 0) is 14.3 Å². The Kier molecular flexibility index (Phi) is 3.65. The van der Waals surface area contributed by atoms with Crippen LogP contribution < -0.4 is 5.32 Å². The van der Waals surface area contributed by atoms with Gasteiger partial charge in [0.25, 0.3) is 0 Å². The Labute approximate surface area is 83.4 Å². The van der Waals surface area contributed by atoms with Crippen LogP contribution in [0, 0.1) is 0 Å². The zero-order valence-electron chi connectivity index (χ0n) is 9.17. The molecule has 0 aromatic heterocycles. The van der Waals surface area contributed by atoms with E-state index < -0.39 is 23.2 Å². The van der Waals surface area contributed by atoms with Gasteiger partial charge >= 0.3 is 5.97 Å². The topological polar surface area (TPSA) is 75.6 Å². The maximum absolute atomic E-state index is 11.3. The van der Waals surface area contributed by atoms with Crippen LogP contribution in [0.2, 0.25) is 0 Å². The van der Waals surface area contributed by atoms with Crippen molar-refractivity contribution in [2.24, 2.45) is 0 Å². The summed E-state index contributed by atoms with van der Waals surface area (Å²) in [6.45, 7) is 7.40. The lowest BCUT2D eigenvalue weighted by Crippen LogP contribution is -2.53. The van der Waals surface area contributed by atoms with Crippen molar-refractivity contribution in [2.45, 2.75) is 45.9 Å². The van der Waals surface area contributed by atoms with E-state index in [1.807, 2.05) is 0 Å². The normalized spacial score (nSPS) is 15.6. The van der Waals surface area contributed by atoms with Gasteiger partial charge in [-0.15, -0.1) is 0 Å². The Bertz CT molecular complexity index is 240. The van der Waals surface area contributed by atoms with Crippen molar-refractivity contribution in [1.29, 1.82) is 0 Å². The molecule has 5 heteroatoms. The fraction of sp³-hybridized carbons (Fsp3) is 0.778. The summed E-state index contributed by atoms with van der Waals surface area (Å²) in [5.74, 6) is -1.37. The lowest BCUT2D eigenvalue weighted by Gasteiger charge is -2.27. The molecule has 0 aliphatic rings. The first-order valence-electron chi connectivity index (χ1n) is 4.29. The highest BCUT2D eigenvalue weighted by Gasteiger charge is 2.35. The van der Waals surface area contributed by atoms with Crippen molar-refractivity contribution in [2.75, 3.05) is 0 Å². The van der Waals surface area contributed by atoms with Crippen molar-refractivity contribution in [3.05, 3.63) is 0 Å².